The van der Waals surface area contributed by atoms with E-state index in [0.29, 0.717) is 12.8 Å². The van der Waals surface area contributed by atoms with Crippen molar-refractivity contribution in [3.05, 3.63) is 11.6 Å². The second-order valence-electron chi connectivity index (χ2n) is 4.76. The van der Waals surface area contributed by atoms with E-state index < -0.39 is 12.0 Å². The Morgan fingerprint density at radius 3 is 2.29 bits per heavy atom. The lowest BCUT2D eigenvalue weighted by Gasteiger charge is -2.15. The first-order valence-corrected chi connectivity index (χ1v) is 5.87. The molecule has 4 heteroatoms. The third kappa shape index (κ3) is 7.55. The number of nitrogens with one attached hydrogen (secondary N) is 1. The molecule has 1 amide bonds. The van der Waals surface area contributed by atoms with Crippen LogP contribution in [0.15, 0.2) is 11.6 Å². The van der Waals surface area contributed by atoms with Crippen LogP contribution in [-0.4, -0.2) is 25.0 Å². The zero-order valence-electron chi connectivity index (χ0n) is 11.4. The van der Waals surface area contributed by atoms with Gasteiger partial charge in [-0.25, -0.2) is 4.79 Å². The lowest BCUT2D eigenvalue weighted by Crippen LogP contribution is -2.41. The average Bonchev–Trinajstić information content (AvgIpc) is 2.21. The molecule has 0 fully saturated rings. The van der Waals surface area contributed by atoms with Gasteiger partial charge in [0.2, 0.25) is 5.91 Å². The molecule has 0 spiro atoms. The molecule has 98 valence electrons. The van der Waals surface area contributed by atoms with Crippen LogP contribution in [0, 0.1) is 5.92 Å². The summed E-state index contributed by atoms with van der Waals surface area (Å²) in [7, 11) is 1.33. The van der Waals surface area contributed by atoms with Crippen LogP contribution < -0.4 is 5.32 Å². The highest BCUT2D eigenvalue weighted by Gasteiger charge is 2.20. The van der Waals surface area contributed by atoms with Crippen LogP contribution in [0.5, 0.6) is 0 Å². The Kier molecular flexibility index (Phi) is 7.26. The highest BCUT2D eigenvalue weighted by molar-refractivity contribution is 5.84. The van der Waals surface area contributed by atoms with E-state index in [1.807, 2.05) is 33.8 Å². The number of amides is 1. The van der Waals surface area contributed by atoms with Gasteiger partial charge in [-0.15, -0.1) is 0 Å². The Hall–Kier alpha value is -1.32. The van der Waals surface area contributed by atoms with Gasteiger partial charge in [-0.05, 0) is 26.2 Å². The van der Waals surface area contributed by atoms with Gasteiger partial charge in [-0.1, -0.05) is 25.5 Å². The van der Waals surface area contributed by atoms with Gasteiger partial charge >= 0.3 is 5.97 Å². The maximum atomic E-state index is 11.6. The molecular formula is C13H23NO3. The van der Waals surface area contributed by atoms with Crippen LogP contribution in [0.25, 0.3) is 0 Å². The molecule has 0 aromatic rings. The number of hydrogen-bond donors (Lipinski definition) is 1. The number of allylic oxidation sites excluding steroid dienone is 1. The molecule has 0 aliphatic heterocycles. The molecule has 0 heterocycles. The lowest BCUT2D eigenvalue weighted by atomic mass is 10.1. The fourth-order valence-electron chi connectivity index (χ4n) is 1.33. The van der Waals surface area contributed by atoms with Gasteiger partial charge in [0.05, 0.1) is 7.11 Å². The van der Waals surface area contributed by atoms with Gasteiger partial charge in [0.1, 0.15) is 6.04 Å². The van der Waals surface area contributed by atoms with Gasteiger partial charge in [-0.3, -0.25) is 4.79 Å². The Labute approximate surface area is 103 Å². The first-order valence-electron chi connectivity index (χ1n) is 5.87. The van der Waals surface area contributed by atoms with Gasteiger partial charge in [0.25, 0.3) is 0 Å². The van der Waals surface area contributed by atoms with Crippen molar-refractivity contribution in [3.63, 3.8) is 0 Å². The molecule has 0 aliphatic rings. The molecular weight excluding hydrogens is 218 g/mol. The summed E-state index contributed by atoms with van der Waals surface area (Å²) >= 11 is 0. The smallest absolute Gasteiger partial charge is 0.328 e. The van der Waals surface area contributed by atoms with Gasteiger partial charge in [-0.2, -0.15) is 0 Å². The van der Waals surface area contributed by atoms with E-state index in [4.69, 9.17) is 0 Å². The normalized spacial score (nSPS) is 11.9. The quantitative estimate of drug-likeness (QED) is 0.572. The molecule has 0 aromatic heterocycles. The van der Waals surface area contributed by atoms with Crippen molar-refractivity contribution in [2.75, 3.05) is 7.11 Å². The third-order valence-electron chi connectivity index (χ3n) is 2.18. The van der Waals surface area contributed by atoms with Crippen molar-refractivity contribution in [2.45, 2.75) is 46.6 Å². The molecule has 4 nitrogen and oxygen atoms in total. The first kappa shape index (κ1) is 15.7. The number of rotatable bonds is 6. The molecule has 0 saturated heterocycles. The largest absolute Gasteiger partial charge is 0.467 e. The Balaban J connectivity index is 4.44. The van der Waals surface area contributed by atoms with E-state index in [-0.39, 0.29) is 11.8 Å². The van der Waals surface area contributed by atoms with Crippen LogP contribution in [0.1, 0.15) is 40.5 Å². The van der Waals surface area contributed by atoms with Crippen LogP contribution in [-0.2, 0) is 14.3 Å². The van der Waals surface area contributed by atoms with E-state index in [2.05, 4.69) is 10.1 Å². The maximum absolute atomic E-state index is 11.6. The van der Waals surface area contributed by atoms with Gasteiger partial charge < -0.3 is 10.1 Å². The fourth-order valence-corrected chi connectivity index (χ4v) is 1.33. The first-order chi connectivity index (χ1) is 7.86. The molecule has 1 N–H and O–H groups in total. The van der Waals surface area contributed by atoms with E-state index in [0.717, 1.165) is 5.57 Å². The standard InChI is InChI=1S/C13H23NO3/c1-9(2)6-7-11(13(16)17-5)14-12(15)8-10(3)4/h6,10-11H,7-8H2,1-5H3,(H,14,15)/t11-/m1/s1. The van der Waals surface area contributed by atoms with Crippen molar-refractivity contribution in [1.82, 2.24) is 5.32 Å². The number of ether oxygens (including phenoxy) is 1. The zero-order valence-corrected chi connectivity index (χ0v) is 11.4. The predicted octanol–water partition coefficient (Wildman–Crippen LogP) is 2.05. The van der Waals surface area contributed by atoms with Crippen molar-refractivity contribution < 1.29 is 14.3 Å². The second kappa shape index (κ2) is 7.87. The van der Waals surface area contributed by atoms with Crippen LogP contribution in [0.4, 0.5) is 0 Å². The van der Waals surface area contributed by atoms with E-state index >= 15 is 0 Å². The summed E-state index contributed by atoms with van der Waals surface area (Å²) in [5.41, 5.74) is 1.11. The second-order valence-corrected chi connectivity index (χ2v) is 4.76. The summed E-state index contributed by atoms with van der Waals surface area (Å²) in [6.07, 6.45) is 2.80. The number of carbonyl (C=O) groups excluding carboxylic acids is 2. The third-order valence-corrected chi connectivity index (χ3v) is 2.18. The highest BCUT2D eigenvalue weighted by Crippen LogP contribution is 2.04. The van der Waals surface area contributed by atoms with Crippen molar-refractivity contribution in [1.29, 1.82) is 0 Å². The van der Waals surface area contributed by atoms with Crippen LogP contribution in [0.2, 0.25) is 0 Å². The zero-order chi connectivity index (χ0) is 13.4. The van der Waals surface area contributed by atoms with E-state index in [1.54, 1.807) is 0 Å². The number of methoxy groups -OCH3 is 1. The molecule has 0 unspecified atom stereocenters. The summed E-state index contributed by atoms with van der Waals surface area (Å²) in [5.74, 6) is -0.242. The minimum absolute atomic E-state index is 0.113. The Bertz CT molecular complexity index is 291. The van der Waals surface area contributed by atoms with Crippen molar-refractivity contribution in [2.24, 2.45) is 5.92 Å². The summed E-state index contributed by atoms with van der Waals surface area (Å²) < 4.78 is 4.67. The molecule has 0 bridgehead atoms. The lowest BCUT2D eigenvalue weighted by molar-refractivity contribution is -0.145. The molecule has 17 heavy (non-hydrogen) atoms. The van der Waals surface area contributed by atoms with Crippen molar-refractivity contribution >= 4 is 11.9 Å². The SMILES string of the molecule is COC(=O)[C@@H](CC=C(C)C)NC(=O)CC(C)C. The Morgan fingerprint density at radius 1 is 1.29 bits per heavy atom. The van der Waals surface area contributed by atoms with Crippen molar-refractivity contribution in [3.8, 4) is 0 Å². The minimum Gasteiger partial charge on any atom is -0.467 e. The molecule has 0 rings (SSSR count). The summed E-state index contributed by atoms with van der Waals surface area (Å²) in [6, 6.07) is -0.582. The summed E-state index contributed by atoms with van der Waals surface area (Å²) in [6.45, 7) is 7.82. The Morgan fingerprint density at radius 2 is 1.88 bits per heavy atom. The minimum atomic E-state index is -0.582. The van der Waals surface area contributed by atoms with Crippen LogP contribution in [0.3, 0.4) is 0 Å². The summed E-state index contributed by atoms with van der Waals surface area (Å²) in [4.78, 5) is 23.1. The molecule has 0 aromatic carbocycles. The number of hydrogen-bond acceptors (Lipinski definition) is 3. The molecule has 1 atom stereocenters. The highest BCUT2D eigenvalue weighted by atomic mass is 16.5. The van der Waals surface area contributed by atoms with E-state index in [1.165, 1.54) is 7.11 Å². The molecule has 0 saturated carbocycles. The monoisotopic (exact) mass is 241 g/mol. The average molecular weight is 241 g/mol. The fraction of sp³-hybridized carbons (Fsp3) is 0.692. The topological polar surface area (TPSA) is 55.4 Å². The predicted molar refractivity (Wildman–Crippen MR) is 67.4 cm³/mol. The van der Waals surface area contributed by atoms with Crippen LogP contribution >= 0.6 is 0 Å². The molecule has 0 aliphatic carbocycles. The number of esters is 1. The summed E-state index contributed by atoms with van der Waals surface area (Å²) in [5, 5.41) is 2.70. The number of carbonyl (C=O) groups is 2. The van der Waals surface area contributed by atoms with E-state index in [9.17, 15) is 9.59 Å². The van der Waals surface area contributed by atoms with Gasteiger partial charge in [0.15, 0.2) is 0 Å². The van der Waals surface area contributed by atoms with Gasteiger partial charge in [0, 0.05) is 6.42 Å². The maximum Gasteiger partial charge on any atom is 0.328 e. The molecule has 0 radical (unpaired) electrons.